The Hall–Kier alpha value is -1.16. The summed E-state index contributed by atoms with van der Waals surface area (Å²) in [5, 5.41) is 0. The first-order valence-corrected chi connectivity index (χ1v) is 5.77. The molecule has 4 nitrogen and oxygen atoms in total. The van der Waals surface area contributed by atoms with Crippen molar-refractivity contribution in [2.75, 3.05) is 25.1 Å². The van der Waals surface area contributed by atoms with Crippen LogP contribution in [0.1, 0.15) is 18.9 Å². The van der Waals surface area contributed by atoms with Crippen LogP contribution in [0, 0.1) is 12.8 Å². The average molecular weight is 221 g/mol. The summed E-state index contributed by atoms with van der Waals surface area (Å²) in [5.41, 5.74) is 1.09. The van der Waals surface area contributed by atoms with Gasteiger partial charge in [0.05, 0.1) is 6.10 Å². The minimum absolute atomic E-state index is 0.290. The van der Waals surface area contributed by atoms with Crippen molar-refractivity contribution in [2.24, 2.45) is 5.92 Å². The Bertz CT molecular complexity index is 339. The Labute approximate surface area is 96.7 Å². The predicted molar refractivity (Wildman–Crippen MR) is 63.6 cm³/mol. The van der Waals surface area contributed by atoms with E-state index in [1.807, 2.05) is 19.3 Å². The van der Waals surface area contributed by atoms with Gasteiger partial charge in [-0.25, -0.2) is 9.97 Å². The van der Waals surface area contributed by atoms with E-state index in [-0.39, 0.29) is 0 Å². The number of rotatable bonds is 2. The van der Waals surface area contributed by atoms with Gasteiger partial charge in [-0.3, -0.25) is 0 Å². The van der Waals surface area contributed by atoms with Gasteiger partial charge < -0.3 is 9.64 Å². The SMILES string of the molecule is COC1CN(c2ncc(C)cn2)CCC1C. The molecule has 2 rings (SSSR count). The third-order valence-electron chi connectivity index (χ3n) is 3.24. The van der Waals surface area contributed by atoms with Crippen molar-refractivity contribution in [1.29, 1.82) is 0 Å². The molecule has 1 aliphatic heterocycles. The van der Waals surface area contributed by atoms with Gasteiger partial charge in [0, 0.05) is 32.6 Å². The van der Waals surface area contributed by atoms with Gasteiger partial charge in [-0.15, -0.1) is 0 Å². The first-order valence-electron chi connectivity index (χ1n) is 5.77. The van der Waals surface area contributed by atoms with E-state index in [9.17, 15) is 0 Å². The van der Waals surface area contributed by atoms with Gasteiger partial charge in [0.25, 0.3) is 0 Å². The Morgan fingerprint density at radius 2 is 2.06 bits per heavy atom. The molecule has 0 aromatic carbocycles. The number of piperidine rings is 1. The smallest absolute Gasteiger partial charge is 0.225 e. The fourth-order valence-corrected chi connectivity index (χ4v) is 2.07. The lowest BCUT2D eigenvalue weighted by Crippen LogP contribution is -2.44. The molecule has 2 unspecified atom stereocenters. The van der Waals surface area contributed by atoms with Crippen molar-refractivity contribution in [3.8, 4) is 0 Å². The van der Waals surface area contributed by atoms with Crippen LogP contribution in [0.3, 0.4) is 0 Å². The number of ether oxygens (including phenoxy) is 1. The maximum absolute atomic E-state index is 5.48. The number of aromatic nitrogens is 2. The zero-order valence-corrected chi connectivity index (χ0v) is 10.2. The van der Waals surface area contributed by atoms with Crippen LogP contribution in [-0.2, 0) is 4.74 Å². The fourth-order valence-electron chi connectivity index (χ4n) is 2.07. The topological polar surface area (TPSA) is 38.2 Å². The van der Waals surface area contributed by atoms with Crippen molar-refractivity contribution in [1.82, 2.24) is 9.97 Å². The number of hydrogen-bond donors (Lipinski definition) is 0. The van der Waals surface area contributed by atoms with E-state index in [2.05, 4.69) is 21.8 Å². The van der Waals surface area contributed by atoms with E-state index in [0.717, 1.165) is 31.0 Å². The third-order valence-corrected chi connectivity index (χ3v) is 3.24. The molecular weight excluding hydrogens is 202 g/mol. The highest BCUT2D eigenvalue weighted by Gasteiger charge is 2.27. The molecule has 4 heteroatoms. The molecule has 16 heavy (non-hydrogen) atoms. The molecule has 0 N–H and O–H groups in total. The second-order valence-electron chi connectivity index (χ2n) is 4.55. The molecule has 88 valence electrons. The summed E-state index contributed by atoms with van der Waals surface area (Å²) in [6.07, 6.45) is 5.15. The molecule has 0 aliphatic carbocycles. The van der Waals surface area contributed by atoms with Crippen molar-refractivity contribution >= 4 is 5.95 Å². The van der Waals surface area contributed by atoms with E-state index in [4.69, 9.17) is 4.74 Å². The molecule has 1 aromatic rings. The number of aryl methyl sites for hydroxylation is 1. The number of hydrogen-bond acceptors (Lipinski definition) is 4. The number of nitrogens with zero attached hydrogens (tertiary/aromatic N) is 3. The minimum atomic E-state index is 0.290. The standard InChI is InChI=1S/C12H19N3O/c1-9-6-13-12(14-7-9)15-5-4-10(2)11(8-15)16-3/h6-7,10-11H,4-5,8H2,1-3H3. The predicted octanol–water partition coefficient (Wildman–Crippen LogP) is 1.65. The highest BCUT2D eigenvalue weighted by atomic mass is 16.5. The maximum atomic E-state index is 5.48. The highest BCUT2D eigenvalue weighted by molar-refractivity contribution is 5.30. The molecule has 1 aliphatic rings. The Morgan fingerprint density at radius 3 is 2.69 bits per heavy atom. The summed E-state index contributed by atoms with van der Waals surface area (Å²) in [4.78, 5) is 10.9. The monoisotopic (exact) mass is 221 g/mol. The second kappa shape index (κ2) is 4.78. The molecule has 1 saturated heterocycles. The van der Waals surface area contributed by atoms with Gasteiger partial charge in [0.15, 0.2) is 0 Å². The molecule has 0 amide bonds. The third kappa shape index (κ3) is 2.32. The average Bonchev–Trinajstić information content (AvgIpc) is 2.31. The van der Waals surface area contributed by atoms with Crippen molar-refractivity contribution in [3.05, 3.63) is 18.0 Å². The molecule has 2 atom stereocenters. The molecule has 1 aromatic heterocycles. The zero-order chi connectivity index (χ0) is 11.5. The molecule has 2 heterocycles. The quantitative estimate of drug-likeness (QED) is 0.761. The summed E-state index contributed by atoms with van der Waals surface area (Å²) in [7, 11) is 1.78. The van der Waals surface area contributed by atoms with Crippen molar-refractivity contribution in [2.45, 2.75) is 26.4 Å². The van der Waals surface area contributed by atoms with E-state index in [1.165, 1.54) is 0 Å². The highest BCUT2D eigenvalue weighted by Crippen LogP contribution is 2.22. The Balaban J connectivity index is 2.08. The first kappa shape index (κ1) is 11.3. The Kier molecular flexibility index (Phi) is 3.39. The number of anilines is 1. The van der Waals surface area contributed by atoms with Gasteiger partial charge in [0.2, 0.25) is 5.95 Å². The normalized spacial score (nSPS) is 25.8. The van der Waals surface area contributed by atoms with Crippen molar-refractivity contribution < 1.29 is 4.74 Å². The van der Waals surface area contributed by atoms with E-state index in [0.29, 0.717) is 12.0 Å². The molecule has 1 fully saturated rings. The van der Waals surface area contributed by atoms with Crippen LogP contribution in [0.15, 0.2) is 12.4 Å². The van der Waals surface area contributed by atoms with E-state index >= 15 is 0 Å². The zero-order valence-electron chi connectivity index (χ0n) is 10.2. The van der Waals surface area contributed by atoms with Gasteiger partial charge in [-0.1, -0.05) is 6.92 Å². The summed E-state index contributed by atoms with van der Waals surface area (Å²) in [6.45, 7) is 6.15. The molecule has 0 bridgehead atoms. The van der Waals surface area contributed by atoms with Crippen molar-refractivity contribution in [3.63, 3.8) is 0 Å². The second-order valence-corrected chi connectivity index (χ2v) is 4.55. The van der Waals surface area contributed by atoms with Crippen LogP contribution in [-0.4, -0.2) is 36.3 Å². The van der Waals surface area contributed by atoms with Crippen LogP contribution < -0.4 is 4.90 Å². The van der Waals surface area contributed by atoms with Gasteiger partial charge in [-0.2, -0.15) is 0 Å². The maximum Gasteiger partial charge on any atom is 0.225 e. The van der Waals surface area contributed by atoms with E-state index in [1.54, 1.807) is 7.11 Å². The molecular formula is C12H19N3O. The van der Waals surface area contributed by atoms with Gasteiger partial charge >= 0.3 is 0 Å². The molecule has 0 saturated carbocycles. The lowest BCUT2D eigenvalue weighted by Gasteiger charge is -2.36. The van der Waals surface area contributed by atoms with Gasteiger partial charge in [-0.05, 0) is 24.8 Å². The molecule has 0 spiro atoms. The van der Waals surface area contributed by atoms with Crippen LogP contribution in [0.5, 0.6) is 0 Å². The lowest BCUT2D eigenvalue weighted by molar-refractivity contribution is 0.0494. The first-order chi connectivity index (χ1) is 7.70. The minimum Gasteiger partial charge on any atom is -0.379 e. The van der Waals surface area contributed by atoms with Crippen LogP contribution >= 0.6 is 0 Å². The fraction of sp³-hybridized carbons (Fsp3) is 0.667. The summed E-state index contributed by atoms with van der Waals surface area (Å²) >= 11 is 0. The Morgan fingerprint density at radius 1 is 1.38 bits per heavy atom. The summed E-state index contributed by atoms with van der Waals surface area (Å²) in [6, 6.07) is 0. The van der Waals surface area contributed by atoms with Crippen LogP contribution in [0.4, 0.5) is 5.95 Å². The van der Waals surface area contributed by atoms with Crippen LogP contribution in [0.2, 0.25) is 0 Å². The van der Waals surface area contributed by atoms with Gasteiger partial charge in [0.1, 0.15) is 0 Å². The number of methoxy groups -OCH3 is 1. The lowest BCUT2D eigenvalue weighted by atomic mass is 9.96. The van der Waals surface area contributed by atoms with E-state index < -0.39 is 0 Å². The summed E-state index contributed by atoms with van der Waals surface area (Å²) < 4.78 is 5.48. The van der Waals surface area contributed by atoms with Crippen LogP contribution in [0.25, 0.3) is 0 Å². The molecule has 0 radical (unpaired) electrons. The summed E-state index contributed by atoms with van der Waals surface area (Å²) in [5.74, 6) is 1.44. The largest absolute Gasteiger partial charge is 0.379 e.